The second-order valence-corrected chi connectivity index (χ2v) is 5.59. The third kappa shape index (κ3) is 4.94. The Kier molecular flexibility index (Phi) is 5.51. The van der Waals surface area contributed by atoms with E-state index in [0.717, 1.165) is 0 Å². The number of carbonyl (C=O) groups is 2. The fourth-order valence-electron chi connectivity index (χ4n) is 2.10. The molecule has 2 rings (SSSR count). The highest BCUT2D eigenvalue weighted by Gasteiger charge is 2.19. The summed E-state index contributed by atoms with van der Waals surface area (Å²) in [6, 6.07) is 1.71. The number of carboxylic acids is 1. The van der Waals surface area contributed by atoms with Gasteiger partial charge in [-0.05, 0) is 12.0 Å². The molecule has 0 fully saturated rings. The summed E-state index contributed by atoms with van der Waals surface area (Å²) in [5, 5.41) is 12.7. The zero-order valence-electron chi connectivity index (χ0n) is 13.1. The minimum atomic E-state index is -1.03. The van der Waals surface area contributed by atoms with Gasteiger partial charge >= 0.3 is 5.97 Å². The van der Waals surface area contributed by atoms with Crippen molar-refractivity contribution in [1.29, 1.82) is 0 Å². The Labute approximate surface area is 133 Å². The lowest BCUT2D eigenvalue weighted by molar-refractivity contribution is -0.144. The predicted octanol–water partition coefficient (Wildman–Crippen LogP) is 1.83. The average Bonchev–Trinajstić information content (AvgIpc) is 3.13. The van der Waals surface area contributed by atoms with E-state index < -0.39 is 5.97 Å². The molecule has 2 heterocycles. The van der Waals surface area contributed by atoms with Crippen LogP contribution in [0.25, 0.3) is 11.4 Å². The molecule has 0 aromatic carbocycles. The Balaban J connectivity index is 1.93. The van der Waals surface area contributed by atoms with Crippen LogP contribution in [-0.4, -0.2) is 45.1 Å². The molecular weight excluding hydrogens is 302 g/mol. The summed E-state index contributed by atoms with van der Waals surface area (Å²) in [6.07, 6.45) is 3.38. The number of amides is 1. The van der Waals surface area contributed by atoms with E-state index in [4.69, 9.17) is 14.0 Å². The lowest BCUT2D eigenvalue weighted by Crippen LogP contribution is -2.38. The number of aromatic nitrogens is 2. The van der Waals surface area contributed by atoms with Gasteiger partial charge in [0, 0.05) is 19.4 Å². The standard InChI is InChI=1S/C15H19N3O5/c1-10(2)7-18(8-14(20)21)13(19)4-3-12-16-15(17-23-12)11-5-6-22-9-11/h5-6,9-10H,3-4,7-8H2,1-2H3,(H,20,21). The topological polar surface area (TPSA) is 110 Å². The number of aliphatic carboxylic acids is 1. The highest BCUT2D eigenvalue weighted by Crippen LogP contribution is 2.16. The molecule has 2 aromatic rings. The van der Waals surface area contributed by atoms with Crippen LogP contribution >= 0.6 is 0 Å². The average molecular weight is 321 g/mol. The predicted molar refractivity (Wildman–Crippen MR) is 79.4 cm³/mol. The van der Waals surface area contributed by atoms with E-state index in [1.54, 1.807) is 6.07 Å². The van der Waals surface area contributed by atoms with Crippen LogP contribution in [-0.2, 0) is 16.0 Å². The second-order valence-electron chi connectivity index (χ2n) is 5.59. The first-order chi connectivity index (χ1) is 11.0. The number of carboxylic acid groups (broad SMARTS) is 1. The van der Waals surface area contributed by atoms with Crippen molar-refractivity contribution >= 4 is 11.9 Å². The summed E-state index contributed by atoms with van der Waals surface area (Å²) in [4.78, 5) is 28.6. The normalized spacial score (nSPS) is 10.9. The molecule has 0 spiro atoms. The minimum Gasteiger partial charge on any atom is -0.480 e. The van der Waals surface area contributed by atoms with Gasteiger partial charge in [0.25, 0.3) is 0 Å². The van der Waals surface area contributed by atoms with Crippen LogP contribution in [0.15, 0.2) is 27.5 Å². The summed E-state index contributed by atoms with van der Waals surface area (Å²) >= 11 is 0. The monoisotopic (exact) mass is 321 g/mol. The molecule has 0 aliphatic carbocycles. The van der Waals surface area contributed by atoms with E-state index in [9.17, 15) is 9.59 Å². The number of hydrogen-bond donors (Lipinski definition) is 1. The van der Waals surface area contributed by atoms with Crippen molar-refractivity contribution in [2.75, 3.05) is 13.1 Å². The van der Waals surface area contributed by atoms with E-state index in [2.05, 4.69) is 10.1 Å². The molecular formula is C15H19N3O5. The fourth-order valence-corrected chi connectivity index (χ4v) is 2.10. The molecule has 23 heavy (non-hydrogen) atoms. The lowest BCUT2D eigenvalue weighted by atomic mass is 10.2. The van der Waals surface area contributed by atoms with Crippen molar-refractivity contribution in [3.05, 3.63) is 24.5 Å². The zero-order valence-corrected chi connectivity index (χ0v) is 13.1. The largest absolute Gasteiger partial charge is 0.480 e. The van der Waals surface area contributed by atoms with Crippen molar-refractivity contribution < 1.29 is 23.6 Å². The molecule has 0 atom stereocenters. The maximum Gasteiger partial charge on any atom is 0.323 e. The Hall–Kier alpha value is -2.64. The van der Waals surface area contributed by atoms with Crippen LogP contribution < -0.4 is 0 Å². The van der Waals surface area contributed by atoms with Gasteiger partial charge in [-0.25, -0.2) is 0 Å². The van der Waals surface area contributed by atoms with Gasteiger partial charge in [0.2, 0.25) is 17.6 Å². The molecule has 0 aliphatic heterocycles. The summed E-state index contributed by atoms with van der Waals surface area (Å²) in [5.41, 5.74) is 0.693. The van der Waals surface area contributed by atoms with Gasteiger partial charge in [-0.15, -0.1) is 0 Å². The van der Waals surface area contributed by atoms with E-state index in [1.807, 2.05) is 13.8 Å². The van der Waals surface area contributed by atoms with Crippen LogP contribution in [0.1, 0.15) is 26.2 Å². The Bertz CT molecular complexity index is 648. The van der Waals surface area contributed by atoms with Gasteiger partial charge in [-0.2, -0.15) is 4.98 Å². The van der Waals surface area contributed by atoms with Gasteiger partial charge in [0.15, 0.2) is 0 Å². The summed E-state index contributed by atoms with van der Waals surface area (Å²) in [7, 11) is 0. The minimum absolute atomic E-state index is 0.118. The number of carbonyl (C=O) groups excluding carboxylic acids is 1. The highest BCUT2D eigenvalue weighted by molar-refractivity contribution is 5.81. The number of nitrogens with zero attached hydrogens (tertiary/aromatic N) is 3. The molecule has 1 amide bonds. The summed E-state index contributed by atoms with van der Waals surface area (Å²) < 4.78 is 10.0. The lowest BCUT2D eigenvalue weighted by Gasteiger charge is -2.22. The zero-order chi connectivity index (χ0) is 16.8. The van der Waals surface area contributed by atoms with Crippen LogP contribution in [0.3, 0.4) is 0 Å². The number of aryl methyl sites for hydroxylation is 1. The molecule has 8 heteroatoms. The van der Waals surface area contributed by atoms with Crippen LogP contribution in [0.4, 0.5) is 0 Å². The van der Waals surface area contributed by atoms with E-state index >= 15 is 0 Å². The first kappa shape index (κ1) is 16.7. The maximum absolute atomic E-state index is 12.2. The number of furan rings is 1. The van der Waals surface area contributed by atoms with Gasteiger partial charge in [0.1, 0.15) is 12.8 Å². The molecule has 0 aliphatic rings. The van der Waals surface area contributed by atoms with Crippen molar-refractivity contribution in [2.45, 2.75) is 26.7 Å². The molecule has 0 radical (unpaired) electrons. The summed E-state index contributed by atoms with van der Waals surface area (Å²) in [6.45, 7) is 3.95. The molecule has 2 aromatic heterocycles. The SMILES string of the molecule is CC(C)CN(CC(=O)O)C(=O)CCc1nc(-c2ccoc2)no1. The number of rotatable bonds is 8. The molecule has 124 valence electrons. The summed E-state index contributed by atoms with van der Waals surface area (Å²) in [5.74, 6) is -0.363. The first-order valence-corrected chi connectivity index (χ1v) is 7.30. The van der Waals surface area contributed by atoms with Gasteiger partial charge in [-0.3, -0.25) is 9.59 Å². The molecule has 0 bridgehead atoms. The van der Waals surface area contributed by atoms with Crippen molar-refractivity contribution in [3.63, 3.8) is 0 Å². The van der Waals surface area contributed by atoms with E-state index in [-0.39, 0.29) is 31.2 Å². The van der Waals surface area contributed by atoms with Crippen LogP contribution in [0.2, 0.25) is 0 Å². The van der Waals surface area contributed by atoms with Crippen LogP contribution in [0.5, 0.6) is 0 Å². The van der Waals surface area contributed by atoms with Crippen molar-refractivity contribution in [2.24, 2.45) is 5.92 Å². The van der Waals surface area contributed by atoms with E-state index in [1.165, 1.54) is 17.4 Å². The molecule has 0 saturated heterocycles. The van der Waals surface area contributed by atoms with Gasteiger partial charge in [-0.1, -0.05) is 19.0 Å². The smallest absolute Gasteiger partial charge is 0.323 e. The van der Waals surface area contributed by atoms with Crippen molar-refractivity contribution in [1.82, 2.24) is 15.0 Å². The quantitative estimate of drug-likeness (QED) is 0.789. The molecule has 8 nitrogen and oxygen atoms in total. The van der Waals surface area contributed by atoms with Gasteiger partial charge < -0.3 is 18.9 Å². The highest BCUT2D eigenvalue weighted by atomic mass is 16.5. The third-order valence-electron chi connectivity index (χ3n) is 3.06. The third-order valence-corrected chi connectivity index (χ3v) is 3.06. The Morgan fingerprint density at radius 1 is 1.39 bits per heavy atom. The molecule has 0 unspecified atom stereocenters. The second kappa shape index (κ2) is 7.57. The fraction of sp³-hybridized carbons (Fsp3) is 0.467. The van der Waals surface area contributed by atoms with E-state index in [0.29, 0.717) is 23.8 Å². The van der Waals surface area contributed by atoms with Crippen molar-refractivity contribution in [3.8, 4) is 11.4 Å². The Morgan fingerprint density at radius 3 is 2.78 bits per heavy atom. The van der Waals surface area contributed by atoms with Gasteiger partial charge in [0.05, 0.1) is 11.8 Å². The first-order valence-electron chi connectivity index (χ1n) is 7.30. The van der Waals surface area contributed by atoms with Crippen LogP contribution in [0, 0.1) is 5.92 Å². The number of hydrogen-bond acceptors (Lipinski definition) is 6. The molecule has 0 saturated carbocycles. The molecule has 1 N–H and O–H groups in total. The Morgan fingerprint density at radius 2 is 2.17 bits per heavy atom. The maximum atomic E-state index is 12.2.